The molecule has 0 bridgehead atoms. The number of aromatic amines is 1. The molecule has 0 saturated heterocycles. The lowest BCUT2D eigenvalue weighted by Gasteiger charge is -1.99. The zero-order chi connectivity index (χ0) is 10.8. The van der Waals surface area contributed by atoms with Gasteiger partial charge in [0.05, 0.1) is 0 Å². The van der Waals surface area contributed by atoms with E-state index in [-0.39, 0.29) is 0 Å². The van der Waals surface area contributed by atoms with Crippen LogP contribution in [0.15, 0.2) is 34.2 Å². The van der Waals surface area contributed by atoms with Crippen LogP contribution in [-0.2, 0) is 0 Å². The average molecular weight is 240 g/mol. The molecule has 0 fully saturated rings. The number of H-pyrrole nitrogens is 1. The van der Waals surface area contributed by atoms with E-state index in [1.807, 2.05) is 31.2 Å². The van der Waals surface area contributed by atoms with Crippen molar-refractivity contribution in [1.82, 2.24) is 9.97 Å². The van der Waals surface area contributed by atoms with Crippen molar-refractivity contribution in [3.63, 3.8) is 0 Å². The van der Waals surface area contributed by atoms with Gasteiger partial charge in [-0.2, -0.15) is 0 Å². The highest BCUT2D eigenvalue weighted by molar-refractivity contribution is 7.99. The van der Waals surface area contributed by atoms with Gasteiger partial charge in [-0.25, -0.2) is 4.98 Å². The summed E-state index contributed by atoms with van der Waals surface area (Å²) in [7, 11) is 0. The molecule has 0 spiro atoms. The van der Waals surface area contributed by atoms with Crippen molar-refractivity contribution in [3.05, 3.63) is 35.1 Å². The second kappa shape index (κ2) is 4.16. The number of nitrogens with zero attached hydrogens (tertiary/aromatic N) is 1. The van der Waals surface area contributed by atoms with Crippen LogP contribution in [0.3, 0.4) is 0 Å². The van der Waals surface area contributed by atoms with Crippen LogP contribution in [0.1, 0.15) is 5.82 Å². The summed E-state index contributed by atoms with van der Waals surface area (Å²) in [6.45, 7) is 1.87. The van der Waals surface area contributed by atoms with Crippen LogP contribution in [0.5, 0.6) is 0 Å². The van der Waals surface area contributed by atoms with Gasteiger partial charge in [-0.1, -0.05) is 29.4 Å². The van der Waals surface area contributed by atoms with E-state index in [0.29, 0.717) is 10.8 Å². The van der Waals surface area contributed by atoms with Crippen molar-refractivity contribution in [2.45, 2.75) is 16.8 Å². The van der Waals surface area contributed by atoms with E-state index in [1.54, 1.807) is 0 Å². The zero-order valence-electron chi connectivity index (χ0n) is 8.12. The molecule has 1 aromatic carbocycles. The second-order valence-electron chi connectivity index (χ2n) is 3.10. The summed E-state index contributed by atoms with van der Waals surface area (Å²) in [5, 5.41) is 1.50. The van der Waals surface area contributed by atoms with Crippen LogP contribution in [0, 0.1) is 6.92 Å². The minimum Gasteiger partial charge on any atom is -0.383 e. The Morgan fingerprint density at radius 1 is 1.47 bits per heavy atom. The fourth-order valence-corrected chi connectivity index (χ4v) is 2.36. The van der Waals surface area contributed by atoms with E-state index in [9.17, 15) is 0 Å². The maximum atomic E-state index is 5.88. The molecule has 0 unspecified atom stereocenters. The minimum atomic E-state index is 0.595. The summed E-state index contributed by atoms with van der Waals surface area (Å²) >= 11 is 7.38. The van der Waals surface area contributed by atoms with Crippen molar-refractivity contribution < 1.29 is 0 Å². The van der Waals surface area contributed by atoms with Crippen LogP contribution < -0.4 is 5.73 Å². The third-order valence-corrected chi connectivity index (χ3v) is 3.06. The van der Waals surface area contributed by atoms with E-state index >= 15 is 0 Å². The van der Waals surface area contributed by atoms with Crippen LogP contribution >= 0.6 is 23.4 Å². The average Bonchev–Trinajstić information content (AvgIpc) is 2.45. The van der Waals surface area contributed by atoms with E-state index in [2.05, 4.69) is 9.97 Å². The summed E-state index contributed by atoms with van der Waals surface area (Å²) in [6, 6.07) is 7.60. The number of nitrogens with two attached hydrogens (primary N) is 1. The quantitative estimate of drug-likeness (QED) is 0.847. The maximum absolute atomic E-state index is 5.88. The largest absolute Gasteiger partial charge is 0.383 e. The molecule has 0 aliphatic rings. The monoisotopic (exact) mass is 239 g/mol. The van der Waals surface area contributed by atoms with Gasteiger partial charge in [0, 0.05) is 9.92 Å². The molecule has 0 atom stereocenters. The van der Waals surface area contributed by atoms with Gasteiger partial charge in [-0.15, -0.1) is 0 Å². The predicted octanol–water partition coefficient (Wildman–Crippen LogP) is 3.10. The Morgan fingerprint density at radius 2 is 2.27 bits per heavy atom. The fraction of sp³-hybridized carbons (Fsp3) is 0.100. The molecule has 2 aromatic rings. The van der Waals surface area contributed by atoms with Crippen LogP contribution in [0.4, 0.5) is 5.82 Å². The number of nitrogen functional groups attached to an aromatic ring is 1. The first-order valence-corrected chi connectivity index (χ1v) is 5.60. The van der Waals surface area contributed by atoms with Crippen molar-refractivity contribution in [2.24, 2.45) is 0 Å². The summed E-state index contributed by atoms with van der Waals surface area (Å²) in [5.41, 5.74) is 5.76. The molecule has 78 valence electrons. The number of hydrogen-bond donors (Lipinski definition) is 2. The molecule has 0 aliphatic carbocycles. The Kier molecular flexibility index (Phi) is 2.88. The van der Waals surface area contributed by atoms with E-state index < -0.39 is 0 Å². The third-order valence-electron chi connectivity index (χ3n) is 1.83. The molecule has 3 N–H and O–H groups in total. The van der Waals surface area contributed by atoms with E-state index in [0.717, 1.165) is 15.7 Å². The molecular formula is C10H10ClN3S. The molecule has 0 saturated carbocycles. The number of benzene rings is 1. The molecule has 1 heterocycles. The normalized spacial score (nSPS) is 10.5. The Hall–Kier alpha value is -1.13. The van der Waals surface area contributed by atoms with E-state index in [4.69, 9.17) is 17.3 Å². The molecular weight excluding hydrogens is 230 g/mol. The predicted molar refractivity (Wildman–Crippen MR) is 63.3 cm³/mol. The highest BCUT2D eigenvalue weighted by Gasteiger charge is 2.06. The molecule has 2 rings (SSSR count). The number of hydrogen-bond acceptors (Lipinski definition) is 3. The molecule has 0 radical (unpaired) electrons. The van der Waals surface area contributed by atoms with Gasteiger partial charge < -0.3 is 10.7 Å². The van der Waals surface area contributed by atoms with E-state index in [1.165, 1.54) is 11.8 Å². The van der Waals surface area contributed by atoms with Crippen molar-refractivity contribution >= 4 is 29.2 Å². The number of halogens is 1. The SMILES string of the molecule is Cc1nc(Sc2cccc(Cl)c2)c(N)[nH]1. The molecule has 1 aromatic heterocycles. The Bertz CT molecular complexity index is 481. The Labute approximate surface area is 97.0 Å². The van der Waals surface area contributed by atoms with Crippen LogP contribution in [-0.4, -0.2) is 9.97 Å². The maximum Gasteiger partial charge on any atom is 0.143 e. The first-order valence-electron chi connectivity index (χ1n) is 4.40. The number of nitrogens with one attached hydrogen (secondary N) is 1. The lowest BCUT2D eigenvalue weighted by atomic mass is 10.4. The molecule has 3 nitrogen and oxygen atoms in total. The molecule has 0 amide bonds. The fourth-order valence-electron chi connectivity index (χ4n) is 1.21. The minimum absolute atomic E-state index is 0.595. The summed E-state index contributed by atoms with van der Waals surface area (Å²) in [5.74, 6) is 1.41. The molecule has 0 aliphatic heterocycles. The Balaban J connectivity index is 2.25. The van der Waals surface area contributed by atoms with Crippen molar-refractivity contribution in [2.75, 3.05) is 5.73 Å². The standard InChI is InChI=1S/C10H10ClN3S/c1-6-13-9(12)10(14-6)15-8-4-2-3-7(11)5-8/h2-5H,12H2,1H3,(H,13,14). The third kappa shape index (κ3) is 2.46. The summed E-state index contributed by atoms with van der Waals surface area (Å²) in [4.78, 5) is 8.26. The number of anilines is 1. The Morgan fingerprint density at radius 3 is 2.87 bits per heavy atom. The highest BCUT2D eigenvalue weighted by atomic mass is 35.5. The number of aromatic nitrogens is 2. The van der Waals surface area contributed by atoms with Crippen molar-refractivity contribution in [1.29, 1.82) is 0 Å². The van der Waals surface area contributed by atoms with Gasteiger partial charge in [0.15, 0.2) is 0 Å². The van der Waals surface area contributed by atoms with Gasteiger partial charge in [0.1, 0.15) is 16.7 Å². The van der Waals surface area contributed by atoms with Gasteiger partial charge in [-0.05, 0) is 25.1 Å². The smallest absolute Gasteiger partial charge is 0.143 e. The van der Waals surface area contributed by atoms with Gasteiger partial charge >= 0.3 is 0 Å². The number of imidazole rings is 1. The summed E-state index contributed by atoms with van der Waals surface area (Å²) < 4.78 is 0. The number of aryl methyl sites for hydroxylation is 1. The number of rotatable bonds is 2. The van der Waals surface area contributed by atoms with Crippen LogP contribution in [0.2, 0.25) is 5.02 Å². The first kappa shape index (κ1) is 10.4. The molecule has 15 heavy (non-hydrogen) atoms. The van der Waals surface area contributed by atoms with Gasteiger partial charge in [0.2, 0.25) is 0 Å². The second-order valence-corrected chi connectivity index (χ2v) is 4.60. The topological polar surface area (TPSA) is 54.7 Å². The highest BCUT2D eigenvalue weighted by Crippen LogP contribution is 2.31. The first-order chi connectivity index (χ1) is 7.15. The van der Waals surface area contributed by atoms with Crippen molar-refractivity contribution in [3.8, 4) is 0 Å². The lowest BCUT2D eigenvalue weighted by molar-refractivity contribution is 1.10. The van der Waals surface area contributed by atoms with Gasteiger partial charge in [-0.3, -0.25) is 0 Å². The molecule has 5 heteroatoms. The van der Waals surface area contributed by atoms with Gasteiger partial charge in [0.25, 0.3) is 0 Å². The zero-order valence-corrected chi connectivity index (χ0v) is 9.69. The summed E-state index contributed by atoms with van der Waals surface area (Å²) in [6.07, 6.45) is 0. The lowest BCUT2D eigenvalue weighted by Crippen LogP contribution is -1.86. The van der Waals surface area contributed by atoms with Crippen LogP contribution in [0.25, 0.3) is 0 Å².